The molecular weight excluding hydrogens is 270 g/mol. The van der Waals surface area contributed by atoms with Crippen LogP contribution in [0.5, 0.6) is 0 Å². The maximum Gasteiger partial charge on any atom is 0.220 e. The maximum absolute atomic E-state index is 12.0. The average molecular weight is 295 g/mol. The van der Waals surface area contributed by atoms with Crippen LogP contribution in [0.3, 0.4) is 0 Å². The Labute approximate surface area is 125 Å². The minimum absolute atomic E-state index is 0.0114. The van der Waals surface area contributed by atoms with Gasteiger partial charge in [0.2, 0.25) is 5.91 Å². The van der Waals surface area contributed by atoms with Gasteiger partial charge in [0.1, 0.15) is 11.4 Å². The second-order valence-electron chi connectivity index (χ2n) is 6.11. The molecule has 0 spiro atoms. The zero-order valence-electron chi connectivity index (χ0n) is 12.8. The van der Waals surface area contributed by atoms with Gasteiger partial charge in [0.25, 0.3) is 0 Å². The Morgan fingerprint density at radius 3 is 2.76 bits per heavy atom. The highest BCUT2D eigenvalue weighted by atomic mass is 16.5. The van der Waals surface area contributed by atoms with Crippen LogP contribution in [0.1, 0.15) is 44.8 Å². The molecule has 1 unspecified atom stereocenters. The Bertz CT molecular complexity index is 433. The smallest absolute Gasteiger partial charge is 0.220 e. The fourth-order valence-electron chi connectivity index (χ4n) is 2.85. The van der Waals surface area contributed by atoms with Gasteiger partial charge in [-0.1, -0.05) is 0 Å². The van der Waals surface area contributed by atoms with Gasteiger partial charge in [0.15, 0.2) is 0 Å². The third kappa shape index (κ3) is 4.58. The van der Waals surface area contributed by atoms with Crippen LogP contribution in [0.2, 0.25) is 0 Å². The van der Waals surface area contributed by atoms with Crippen LogP contribution in [0.25, 0.3) is 0 Å². The SMILES string of the molecule is COC1CCC(CC(=O)NCC(C)(O)c2ccco2)CC1. The van der Waals surface area contributed by atoms with E-state index < -0.39 is 5.60 Å². The molecule has 2 N–H and O–H groups in total. The van der Waals surface area contributed by atoms with Crippen molar-refractivity contribution in [2.24, 2.45) is 5.92 Å². The molecule has 5 heteroatoms. The van der Waals surface area contributed by atoms with E-state index >= 15 is 0 Å². The minimum atomic E-state index is -1.17. The zero-order valence-corrected chi connectivity index (χ0v) is 12.8. The van der Waals surface area contributed by atoms with Gasteiger partial charge in [-0.3, -0.25) is 4.79 Å². The predicted molar refractivity (Wildman–Crippen MR) is 78.7 cm³/mol. The molecule has 0 aliphatic heterocycles. The van der Waals surface area contributed by atoms with E-state index in [0.717, 1.165) is 25.7 Å². The van der Waals surface area contributed by atoms with Crippen molar-refractivity contribution in [3.63, 3.8) is 0 Å². The molecule has 0 aromatic carbocycles. The van der Waals surface area contributed by atoms with Crippen molar-refractivity contribution in [2.75, 3.05) is 13.7 Å². The summed E-state index contributed by atoms with van der Waals surface area (Å²) < 4.78 is 10.5. The standard InChI is InChI=1S/C16H25NO4/c1-16(19,14-4-3-9-21-14)11-17-15(18)10-12-5-7-13(20-2)8-6-12/h3-4,9,12-13,19H,5-8,10-11H2,1-2H3,(H,17,18). The van der Waals surface area contributed by atoms with Crippen molar-refractivity contribution >= 4 is 5.91 Å². The second-order valence-corrected chi connectivity index (χ2v) is 6.11. The van der Waals surface area contributed by atoms with E-state index in [0.29, 0.717) is 24.2 Å². The Morgan fingerprint density at radius 2 is 2.19 bits per heavy atom. The van der Waals surface area contributed by atoms with Crippen molar-refractivity contribution in [1.82, 2.24) is 5.32 Å². The molecular formula is C16H25NO4. The molecule has 0 radical (unpaired) electrons. The van der Waals surface area contributed by atoms with Crippen molar-refractivity contribution < 1.29 is 19.1 Å². The second kappa shape index (κ2) is 7.09. The molecule has 1 heterocycles. The molecule has 1 aromatic heterocycles. The topological polar surface area (TPSA) is 71.7 Å². The molecule has 1 aliphatic carbocycles. The summed E-state index contributed by atoms with van der Waals surface area (Å²) in [6, 6.07) is 3.43. The van der Waals surface area contributed by atoms with Gasteiger partial charge in [-0.15, -0.1) is 0 Å². The van der Waals surface area contributed by atoms with E-state index in [1.54, 1.807) is 26.2 Å². The van der Waals surface area contributed by atoms with Crippen LogP contribution >= 0.6 is 0 Å². The number of aliphatic hydroxyl groups is 1. The molecule has 1 aliphatic rings. The van der Waals surface area contributed by atoms with Crippen LogP contribution in [0, 0.1) is 5.92 Å². The van der Waals surface area contributed by atoms with Gasteiger partial charge in [-0.05, 0) is 50.7 Å². The van der Waals surface area contributed by atoms with E-state index in [2.05, 4.69) is 5.32 Å². The fraction of sp³-hybridized carbons (Fsp3) is 0.688. The maximum atomic E-state index is 12.0. The van der Waals surface area contributed by atoms with E-state index in [1.807, 2.05) is 0 Å². The third-order valence-electron chi connectivity index (χ3n) is 4.28. The minimum Gasteiger partial charge on any atom is -0.466 e. The molecule has 0 saturated heterocycles. The number of furan rings is 1. The highest BCUT2D eigenvalue weighted by molar-refractivity contribution is 5.76. The first-order chi connectivity index (χ1) is 10.0. The number of amides is 1. The molecule has 1 amide bonds. The Balaban J connectivity index is 1.73. The number of hydrogen-bond donors (Lipinski definition) is 2. The number of carbonyl (C=O) groups is 1. The summed E-state index contributed by atoms with van der Waals surface area (Å²) in [5, 5.41) is 13.1. The largest absolute Gasteiger partial charge is 0.466 e. The van der Waals surface area contributed by atoms with E-state index in [-0.39, 0.29) is 12.5 Å². The molecule has 5 nitrogen and oxygen atoms in total. The molecule has 1 aromatic rings. The van der Waals surface area contributed by atoms with E-state index in [4.69, 9.17) is 9.15 Å². The molecule has 118 valence electrons. The Morgan fingerprint density at radius 1 is 1.48 bits per heavy atom. The van der Waals surface area contributed by atoms with Crippen LogP contribution in [0.4, 0.5) is 0 Å². The van der Waals surface area contributed by atoms with Crippen molar-refractivity contribution in [2.45, 2.75) is 50.7 Å². The molecule has 1 atom stereocenters. The lowest BCUT2D eigenvalue weighted by molar-refractivity contribution is -0.123. The van der Waals surface area contributed by atoms with Gasteiger partial charge >= 0.3 is 0 Å². The summed E-state index contributed by atoms with van der Waals surface area (Å²) in [7, 11) is 1.74. The van der Waals surface area contributed by atoms with Crippen molar-refractivity contribution in [3.8, 4) is 0 Å². The van der Waals surface area contributed by atoms with Crippen molar-refractivity contribution in [1.29, 1.82) is 0 Å². The summed E-state index contributed by atoms with van der Waals surface area (Å²) >= 11 is 0. The van der Waals surface area contributed by atoms with Crippen LogP contribution < -0.4 is 5.32 Å². The van der Waals surface area contributed by atoms with Gasteiger partial charge in [0, 0.05) is 13.5 Å². The number of methoxy groups -OCH3 is 1. The summed E-state index contributed by atoms with van der Waals surface area (Å²) in [6.07, 6.45) is 6.49. The fourth-order valence-corrected chi connectivity index (χ4v) is 2.85. The number of carbonyl (C=O) groups excluding carboxylic acids is 1. The number of rotatable bonds is 6. The molecule has 2 rings (SSSR count). The normalized spacial score (nSPS) is 25.3. The number of hydrogen-bond acceptors (Lipinski definition) is 4. The van der Waals surface area contributed by atoms with Crippen molar-refractivity contribution in [3.05, 3.63) is 24.2 Å². The number of nitrogens with one attached hydrogen (secondary N) is 1. The van der Waals surface area contributed by atoms with Crippen LogP contribution in [-0.4, -0.2) is 30.8 Å². The van der Waals surface area contributed by atoms with Gasteiger partial charge in [-0.25, -0.2) is 0 Å². The van der Waals surface area contributed by atoms with Gasteiger partial charge < -0.3 is 19.6 Å². The first-order valence-corrected chi connectivity index (χ1v) is 7.57. The molecule has 1 saturated carbocycles. The van der Waals surface area contributed by atoms with E-state index in [1.165, 1.54) is 6.26 Å². The van der Waals surface area contributed by atoms with Gasteiger partial charge in [-0.2, -0.15) is 0 Å². The lowest BCUT2D eigenvalue weighted by Crippen LogP contribution is -2.39. The molecule has 21 heavy (non-hydrogen) atoms. The summed E-state index contributed by atoms with van der Waals surface area (Å²) in [5.41, 5.74) is -1.17. The monoisotopic (exact) mass is 295 g/mol. The van der Waals surface area contributed by atoms with E-state index in [9.17, 15) is 9.90 Å². The van der Waals surface area contributed by atoms with Crippen LogP contribution in [-0.2, 0) is 15.1 Å². The zero-order chi connectivity index (χ0) is 15.3. The Hall–Kier alpha value is -1.33. The predicted octanol–water partition coefficient (Wildman–Crippen LogP) is 2.20. The quantitative estimate of drug-likeness (QED) is 0.844. The first-order valence-electron chi connectivity index (χ1n) is 7.57. The average Bonchev–Trinajstić information content (AvgIpc) is 3.01. The van der Waals surface area contributed by atoms with Crippen LogP contribution in [0.15, 0.2) is 22.8 Å². The summed E-state index contributed by atoms with van der Waals surface area (Å²) in [5.74, 6) is 0.871. The highest BCUT2D eigenvalue weighted by Gasteiger charge is 2.28. The Kier molecular flexibility index (Phi) is 5.42. The molecule has 0 bridgehead atoms. The lowest BCUT2D eigenvalue weighted by atomic mass is 9.85. The summed E-state index contributed by atoms with van der Waals surface area (Å²) in [6.45, 7) is 1.79. The highest BCUT2D eigenvalue weighted by Crippen LogP contribution is 2.28. The lowest BCUT2D eigenvalue weighted by Gasteiger charge is -2.27. The molecule has 1 fully saturated rings. The number of ether oxygens (including phenoxy) is 1. The third-order valence-corrected chi connectivity index (χ3v) is 4.28. The van der Waals surface area contributed by atoms with Gasteiger partial charge in [0.05, 0.1) is 18.9 Å². The summed E-state index contributed by atoms with van der Waals surface area (Å²) in [4.78, 5) is 12.0. The first kappa shape index (κ1) is 16.0.